The molecule has 4 nitrogen and oxygen atoms in total. The Kier molecular flexibility index (Phi) is 10.1. The van der Waals surface area contributed by atoms with Crippen molar-refractivity contribution in [3.63, 3.8) is 0 Å². The Bertz CT molecular complexity index is 1990. The van der Waals surface area contributed by atoms with Gasteiger partial charge in [-0.15, -0.1) is 0 Å². The van der Waals surface area contributed by atoms with E-state index in [1.165, 1.54) is 92.5 Å². The highest BCUT2D eigenvalue weighted by molar-refractivity contribution is 9.93. The van der Waals surface area contributed by atoms with Gasteiger partial charge >= 0.3 is 0 Å². The van der Waals surface area contributed by atoms with E-state index in [-0.39, 0.29) is 0 Å². The van der Waals surface area contributed by atoms with Crippen LogP contribution in [0.25, 0.3) is 45.1 Å². The highest BCUT2D eigenvalue weighted by Gasteiger charge is 2.25. The summed E-state index contributed by atoms with van der Waals surface area (Å²) in [6.07, 6.45) is 16.4. The van der Waals surface area contributed by atoms with Crippen molar-refractivity contribution in [2.45, 2.75) is 78.6 Å². The molecule has 0 N–H and O–H groups in total. The van der Waals surface area contributed by atoms with Crippen LogP contribution in [0.5, 0.6) is 0 Å². The fourth-order valence-corrected chi connectivity index (χ4v) is 8.05. The van der Waals surface area contributed by atoms with Crippen LogP contribution >= 0.6 is 28.3 Å². The van der Waals surface area contributed by atoms with Crippen LogP contribution in [0, 0.1) is 13.8 Å². The van der Waals surface area contributed by atoms with Crippen LogP contribution in [-0.2, 0) is 26.2 Å². The predicted molar refractivity (Wildman–Crippen MR) is 208 cm³/mol. The van der Waals surface area contributed by atoms with Crippen molar-refractivity contribution in [2.75, 3.05) is 0 Å². The van der Waals surface area contributed by atoms with Gasteiger partial charge in [-0.3, -0.25) is 0 Å². The molecule has 8 rings (SSSR count). The highest BCUT2D eigenvalue weighted by atomic mass is 80.9. The fraction of sp³-hybridized carbons (Fsp3) is 0.286. The standard InChI is InChI=1S/C42H44N4.Br2/c1-31-37(29-33-21-27-43-23-13-9-17-39(33)43)35-15-5-7-19-41(35)45(31)25-11-3-4-12-26-46-32(2)38(36-16-6-8-20-42(36)46)30-34-22-28-44-24-14-10-18-40(34)44;1-2/h5-10,13-20,23-24,29-30H,3-4,11-12,21-22,25-28H2,1-2H3;/q+2;. The maximum Gasteiger partial charge on any atom is 0.208 e. The topological polar surface area (TPSA) is 17.6 Å². The Balaban J connectivity index is 0.00000179. The summed E-state index contributed by atoms with van der Waals surface area (Å²) in [6.45, 7) is 8.93. The normalized spacial score (nSPS) is 15.3. The van der Waals surface area contributed by atoms with E-state index in [2.05, 4.69) is 170 Å². The van der Waals surface area contributed by atoms with Gasteiger partial charge < -0.3 is 9.13 Å². The lowest BCUT2D eigenvalue weighted by Crippen LogP contribution is -2.31. The second kappa shape index (κ2) is 14.8. The minimum atomic E-state index is 1.07. The Morgan fingerprint density at radius 1 is 0.562 bits per heavy atom. The average molecular weight is 765 g/mol. The molecule has 0 fully saturated rings. The van der Waals surface area contributed by atoms with Crippen molar-refractivity contribution >= 4 is 73.4 Å². The first-order chi connectivity index (χ1) is 23.7. The van der Waals surface area contributed by atoms with Crippen molar-refractivity contribution in [2.24, 2.45) is 0 Å². The lowest BCUT2D eigenvalue weighted by atomic mass is 10.0. The largest absolute Gasteiger partial charge is 0.344 e. The van der Waals surface area contributed by atoms with Crippen LogP contribution < -0.4 is 9.13 Å². The molecule has 6 heterocycles. The molecule has 2 aliphatic heterocycles. The summed E-state index contributed by atoms with van der Waals surface area (Å²) in [6, 6.07) is 31.1. The first-order valence-corrected chi connectivity index (χ1v) is 21.1. The summed E-state index contributed by atoms with van der Waals surface area (Å²) in [5, 5.41) is 2.75. The lowest BCUT2D eigenvalue weighted by Gasteiger charge is -2.10. The SMILES string of the molecule is BrBr.Cc1c(C=C2CC[n+]3ccccc32)c2ccccc2n1CCCCCCn1c(C)c(/C=C2\CC[n+]3ccccc32)c2ccccc21. The quantitative estimate of drug-likeness (QED) is 0.103. The smallest absolute Gasteiger partial charge is 0.208 e. The summed E-state index contributed by atoms with van der Waals surface area (Å²) in [7, 11) is 0. The van der Waals surface area contributed by atoms with E-state index in [1.54, 1.807) is 0 Å². The highest BCUT2D eigenvalue weighted by Crippen LogP contribution is 2.34. The number of para-hydroxylation sites is 2. The zero-order chi connectivity index (χ0) is 33.0. The molecule has 0 bridgehead atoms. The zero-order valence-corrected chi connectivity index (χ0v) is 31.2. The third-order valence-corrected chi connectivity index (χ3v) is 10.5. The molecule has 6 aromatic rings. The molecule has 2 aromatic carbocycles. The molecule has 0 spiro atoms. The van der Waals surface area contributed by atoms with Gasteiger partial charge in [0.05, 0.1) is 0 Å². The van der Waals surface area contributed by atoms with Crippen molar-refractivity contribution in [1.82, 2.24) is 9.13 Å². The second-order valence-electron chi connectivity index (χ2n) is 13.1. The number of rotatable bonds is 9. The van der Waals surface area contributed by atoms with Gasteiger partial charge in [-0.2, -0.15) is 9.13 Å². The molecule has 244 valence electrons. The number of aryl methyl sites for hydroxylation is 4. The molecule has 0 unspecified atom stereocenters. The number of hydrogen-bond acceptors (Lipinski definition) is 0. The van der Waals surface area contributed by atoms with E-state index in [1.807, 2.05) is 0 Å². The number of unbranched alkanes of at least 4 members (excludes halogenated alkanes) is 3. The number of aromatic nitrogens is 4. The van der Waals surface area contributed by atoms with Crippen LogP contribution in [-0.4, -0.2) is 9.13 Å². The van der Waals surface area contributed by atoms with Crippen molar-refractivity contribution in [3.05, 3.63) is 131 Å². The van der Waals surface area contributed by atoms with Crippen molar-refractivity contribution < 1.29 is 9.13 Å². The minimum Gasteiger partial charge on any atom is -0.344 e. The number of halogens is 2. The molecule has 0 amide bonds. The molecular weight excluding hydrogens is 720 g/mol. The molecule has 48 heavy (non-hydrogen) atoms. The minimum absolute atomic E-state index is 1.07. The summed E-state index contributed by atoms with van der Waals surface area (Å²) in [5.74, 6) is 0. The maximum atomic E-state index is 2.75. The number of allylic oxidation sites excluding steroid dienone is 2. The van der Waals surface area contributed by atoms with Gasteiger partial charge in [0.1, 0.15) is 0 Å². The van der Waals surface area contributed by atoms with Gasteiger partial charge in [0.15, 0.2) is 25.5 Å². The van der Waals surface area contributed by atoms with Crippen LogP contribution in [0.4, 0.5) is 0 Å². The number of benzene rings is 2. The third-order valence-electron chi connectivity index (χ3n) is 10.5. The first-order valence-electron chi connectivity index (χ1n) is 17.4. The van der Waals surface area contributed by atoms with E-state index in [9.17, 15) is 0 Å². The van der Waals surface area contributed by atoms with Crippen LogP contribution in [0.15, 0.2) is 97.3 Å². The van der Waals surface area contributed by atoms with Gasteiger partial charge in [0.25, 0.3) is 0 Å². The first kappa shape index (κ1) is 32.8. The maximum absolute atomic E-state index is 2.75. The molecule has 0 saturated carbocycles. The van der Waals surface area contributed by atoms with Gasteiger partial charge in [-0.1, -0.05) is 49.2 Å². The monoisotopic (exact) mass is 762 g/mol. The fourth-order valence-electron chi connectivity index (χ4n) is 8.05. The van der Waals surface area contributed by atoms with E-state index < -0.39 is 0 Å². The summed E-state index contributed by atoms with van der Waals surface area (Å²) < 4.78 is 9.89. The van der Waals surface area contributed by atoms with Crippen molar-refractivity contribution in [3.8, 4) is 0 Å². The van der Waals surface area contributed by atoms with Gasteiger partial charge in [0, 0.05) is 134 Å². The Labute approximate surface area is 299 Å². The average Bonchev–Trinajstić information content (AvgIpc) is 3.87. The number of fused-ring (bicyclic) bond motifs is 4. The molecule has 2 aliphatic rings. The zero-order valence-electron chi connectivity index (χ0n) is 28.0. The number of hydrogen-bond donors (Lipinski definition) is 0. The Morgan fingerprint density at radius 3 is 1.44 bits per heavy atom. The van der Waals surface area contributed by atoms with Gasteiger partial charge in [-0.05, 0) is 63.1 Å². The molecule has 4 aromatic heterocycles. The van der Waals surface area contributed by atoms with E-state index in [4.69, 9.17) is 0 Å². The summed E-state index contributed by atoms with van der Waals surface area (Å²) in [4.78, 5) is 0. The number of nitrogens with zero attached hydrogens (tertiary/aromatic N) is 4. The van der Waals surface area contributed by atoms with Gasteiger partial charge in [0.2, 0.25) is 11.4 Å². The van der Waals surface area contributed by atoms with Crippen LogP contribution in [0.1, 0.15) is 72.4 Å². The third kappa shape index (κ3) is 6.25. The molecule has 0 atom stereocenters. The predicted octanol–water partition coefficient (Wildman–Crippen LogP) is 10.6. The second-order valence-corrected chi connectivity index (χ2v) is 13.1. The van der Waals surface area contributed by atoms with Crippen LogP contribution in [0.2, 0.25) is 0 Å². The molecule has 6 heteroatoms. The van der Waals surface area contributed by atoms with Crippen molar-refractivity contribution in [1.29, 1.82) is 0 Å². The summed E-state index contributed by atoms with van der Waals surface area (Å²) in [5.41, 5.74) is 13.9. The Hall–Kier alpha value is -3.74. The number of pyridine rings is 2. The van der Waals surface area contributed by atoms with E-state index >= 15 is 0 Å². The molecule has 0 radical (unpaired) electrons. The molecule has 0 aliphatic carbocycles. The van der Waals surface area contributed by atoms with Gasteiger partial charge in [-0.25, -0.2) is 0 Å². The van der Waals surface area contributed by atoms with Crippen LogP contribution in [0.3, 0.4) is 0 Å². The van der Waals surface area contributed by atoms with E-state index in [0.717, 1.165) is 39.0 Å². The molecule has 0 saturated heterocycles. The molecular formula is C42H44Br2N4+2. The lowest BCUT2D eigenvalue weighted by molar-refractivity contribution is -0.689. The Morgan fingerprint density at radius 2 is 0.979 bits per heavy atom. The summed E-state index contributed by atoms with van der Waals surface area (Å²) >= 11 is 5.50. The van der Waals surface area contributed by atoms with E-state index in [0.29, 0.717) is 0 Å².